The van der Waals surface area contributed by atoms with Crippen LogP contribution in [0.15, 0.2) is 42.5 Å². The Hall–Kier alpha value is -1.75. The number of phenolic OH excluding ortho intramolecular Hbond substituents is 1. The Morgan fingerprint density at radius 3 is 2.79 bits per heavy atom. The summed E-state index contributed by atoms with van der Waals surface area (Å²) < 4.78 is 5.36. The van der Waals surface area contributed by atoms with Crippen molar-refractivity contribution in [2.45, 2.75) is 50.3 Å². The van der Waals surface area contributed by atoms with E-state index in [1.165, 1.54) is 0 Å². The van der Waals surface area contributed by atoms with Crippen molar-refractivity contribution in [3.63, 3.8) is 0 Å². The molecular weight excluding hydrogens is 374 g/mol. The SMILES string of the molecule is COc1cc([C@@H]2[C@H]3CCCC[C@@]3(O)CCN2Cc2ccccc2Cl)ccc1O. The van der Waals surface area contributed by atoms with Gasteiger partial charge in [0.15, 0.2) is 11.5 Å². The van der Waals surface area contributed by atoms with Crippen LogP contribution in [0.2, 0.25) is 5.02 Å². The summed E-state index contributed by atoms with van der Waals surface area (Å²) >= 11 is 6.44. The van der Waals surface area contributed by atoms with Gasteiger partial charge in [-0.05, 0) is 48.6 Å². The zero-order valence-electron chi connectivity index (χ0n) is 16.3. The highest BCUT2D eigenvalue weighted by Crippen LogP contribution is 2.50. The number of hydrogen-bond acceptors (Lipinski definition) is 4. The van der Waals surface area contributed by atoms with Crippen LogP contribution in [-0.2, 0) is 6.54 Å². The van der Waals surface area contributed by atoms with E-state index in [2.05, 4.69) is 11.0 Å². The van der Waals surface area contributed by atoms with E-state index in [1.54, 1.807) is 13.2 Å². The molecular formula is C23H28ClNO3. The average molecular weight is 402 g/mol. The van der Waals surface area contributed by atoms with Gasteiger partial charge in [-0.3, -0.25) is 4.90 Å². The maximum Gasteiger partial charge on any atom is 0.160 e. The first-order valence-electron chi connectivity index (χ1n) is 10.1. The summed E-state index contributed by atoms with van der Waals surface area (Å²) in [7, 11) is 1.57. The Labute approximate surface area is 171 Å². The van der Waals surface area contributed by atoms with Crippen molar-refractivity contribution < 1.29 is 14.9 Å². The van der Waals surface area contributed by atoms with Crippen LogP contribution in [0.25, 0.3) is 0 Å². The van der Waals surface area contributed by atoms with Gasteiger partial charge in [0.05, 0.1) is 12.7 Å². The Morgan fingerprint density at radius 1 is 1.18 bits per heavy atom. The lowest BCUT2D eigenvalue weighted by Gasteiger charge is -2.53. The van der Waals surface area contributed by atoms with E-state index in [0.29, 0.717) is 5.75 Å². The van der Waals surface area contributed by atoms with Crippen LogP contribution < -0.4 is 4.74 Å². The third-order valence-electron chi connectivity index (χ3n) is 6.55. The van der Waals surface area contributed by atoms with Gasteiger partial charge in [-0.1, -0.05) is 48.7 Å². The molecule has 5 heteroatoms. The van der Waals surface area contributed by atoms with Gasteiger partial charge in [0.2, 0.25) is 0 Å². The van der Waals surface area contributed by atoms with Gasteiger partial charge in [0.1, 0.15) is 0 Å². The predicted octanol–water partition coefficient (Wildman–Crippen LogP) is 4.92. The minimum Gasteiger partial charge on any atom is -0.504 e. The predicted molar refractivity (Wildman–Crippen MR) is 111 cm³/mol. The molecule has 2 fully saturated rings. The topological polar surface area (TPSA) is 52.9 Å². The number of aromatic hydroxyl groups is 1. The van der Waals surface area contributed by atoms with Crippen molar-refractivity contribution >= 4 is 11.6 Å². The van der Waals surface area contributed by atoms with Crippen molar-refractivity contribution in [2.75, 3.05) is 13.7 Å². The largest absolute Gasteiger partial charge is 0.504 e. The van der Waals surface area contributed by atoms with Crippen LogP contribution in [0.4, 0.5) is 0 Å². The molecule has 1 aliphatic heterocycles. The fourth-order valence-corrected chi connectivity index (χ4v) is 5.28. The Bertz CT molecular complexity index is 842. The van der Waals surface area contributed by atoms with Gasteiger partial charge >= 0.3 is 0 Å². The maximum atomic E-state index is 11.4. The fourth-order valence-electron chi connectivity index (χ4n) is 5.09. The second-order valence-corrected chi connectivity index (χ2v) is 8.55. The van der Waals surface area contributed by atoms with Crippen molar-refractivity contribution in [2.24, 2.45) is 5.92 Å². The minimum atomic E-state index is -0.620. The lowest BCUT2D eigenvalue weighted by molar-refractivity contribution is -0.126. The van der Waals surface area contributed by atoms with Crippen LogP contribution >= 0.6 is 11.6 Å². The highest BCUT2D eigenvalue weighted by atomic mass is 35.5. The van der Waals surface area contributed by atoms with E-state index in [0.717, 1.165) is 61.3 Å². The Kier molecular flexibility index (Phi) is 5.55. The summed E-state index contributed by atoms with van der Waals surface area (Å²) in [5.41, 5.74) is 1.55. The van der Waals surface area contributed by atoms with Gasteiger partial charge in [-0.25, -0.2) is 0 Å². The number of nitrogens with zero attached hydrogens (tertiary/aromatic N) is 1. The smallest absolute Gasteiger partial charge is 0.160 e. The average Bonchev–Trinajstić information content (AvgIpc) is 2.70. The van der Waals surface area contributed by atoms with Gasteiger partial charge in [0.25, 0.3) is 0 Å². The number of hydrogen-bond donors (Lipinski definition) is 2. The van der Waals surface area contributed by atoms with E-state index in [9.17, 15) is 10.2 Å². The van der Waals surface area contributed by atoms with Crippen molar-refractivity contribution in [3.8, 4) is 11.5 Å². The Balaban J connectivity index is 1.73. The van der Waals surface area contributed by atoms with Crippen molar-refractivity contribution in [1.82, 2.24) is 4.90 Å². The lowest BCUT2D eigenvalue weighted by Crippen LogP contribution is -2.54. The van der Waals surface area contributed by atoms with E-state index in [1.807, 2.05) is 30.3 Å². The Morgan fingerprint density at radius 2 is 2.00 bits per heavy atom. The van der Waals surface area contributed by atoms with Gasteiger partial charge < -0.3 is 14.9 Å². The highest BCUT2D eigenvalue weighted by Gasteiger charge is 2.49. The van der Waals surface area contributed by atoms with Gasteiger partial charge in [0, 0.05) is 30.1 Å². The zero-order chi connectivity index (χ0) is 19.7. The lowest BCUT2D eigenvalue weighted by atomic mass is 9.66. The number of benzene rings is 2. The minimum absolute atomic E-state index is 0.0600. The molecule has 2 aromatic carbocycles. The van der Waals surface area contributed by atoms with Crippen LogP contribution in [0, 0.1) is 5.92 Å². The number of ether oxygens (including phenoxy) is 1. The molecule has 1 heterocycles. The molecule has 150 valence electrons. The van der Waals surface area contributed by atoms with Gasteiger partial charge in [-0.2, -0.15) is 0 Å². The first kappa shape index (κ1) is 19.6. The molecule has 1 saturated heterocycles. The summed E-state index contributed by atoms with van der Waals surface area (Å²) in [5, 5.41) is 22.2. The number of piperidine rings is 1. The summed E-state index contributed by atoms with van der Waals surface area (Å²) in [6.45, 7) is 1.55. The fraction of sp³-hybridized carbons (Fsp3) is 0.478. The number of aliphatic hydroxyl groups is 1. The molecule has 1 saturated carbocycles. The van der Waals surface area contributed by atoms with Crippen molar-refractivity contribution in [1.29, 1.82) is 0 Å². The quantitative estimate of drug-likeness (QED) is 0.763. The monoisotopic (exact) mass is 401 g/mol. The molecule has 2 aliphatic rings. The van der Waals surface area contributed by atoms with E-state index < -0.39 is 5.60 Å². The summed E-state index contributed by atoms with van der Waals surface area (Å²) in [5.74, 6) is 0.769. The summed E-state index contributed by atoms with van der Waals surface area (Å²) in [4.78, 5) is 2.43. The summed E-state index contributed by atoms with van der Waals surface area (Å²) in [6, 6.07) is 13.6. The number of rotatable bonds is 4. The molecule has 0 unspecified atom stereocenters. The van der Waals surface area contributed by atoms with Crippen molar-refractivity contribution in [3.05, 3.63) is 58.6 Å². The third-order valence-corrected chi connectivity index (χ3v) is 6.92. The zero-order valence-corrected chi connectivity index (χ0v) is 17.0. The maximum absolute atomic E-state index is 11.4. The molecule has 0 aromatic heterocycles. The number of methoxy groups -OCH3 is 1. The number of fused-ring (bicyclic) bond motifs is 1. The molecule has 0 spiro atoms. The molecule has 4 rings (SSSR count). The van der Waals surface area contributed by atoms with Crippen LogP contribution in [0.1, 0.15) is 49.3 Å². The molecule has 0 amide bonds. The molecule has 2 N–H and O–H groups in total. The summed E-state index contributed by atoms with van der Waals surface area (Å²) in [6.07, 6.45) is 4.88. The number of likely N-dealkylation sites (tertiary alicyclic amines) is 1. The molecule has 4 nitrogen and oxygen atoms in total. The molecule has 3 atom stereocenters. The van der Waals surface area contributed by atoms with Crippen LogP contribution in [0.5, 0.6) is 11.5 Å². The van der Waals surface area contributed by atoms with Gasteiger partial charge in [-0.15, -0.1) is 0 Å². The van der Waals surface area contributed by atoms with E-state index >= 15 is 0 Å². The number of halogens is 1. The first-order valence-corrected chi connectivity index (χ1v) is 10.5. The van der Waals surface area contributed by atoms with Crippen LogP contribution in [0.3, 0.4) is 0 Å². The first-order chi connectivity index (χ1) is 13.5. The molecule has 28 heavy (non-hydrogen) atoms. The normalized spacial score (nSPS) is 28.0. The third kappa shape index (κ3) is 3.61. The van der Waals surface area contributed by atoms with Crippen LogP contribution in [-0.4, -0.2) is 34.4 Å². The number of phenols is 1. The van der Waals surface area contributed by atoms with E-state index in [-0.39, 0.29) is 17.7 Å². The molecule has 0 radical (unpaired) electrons. The molecule has 2 aromatic rings. The molecule has 1 aliphatic carbocycles. The second kappa shape index (κ2) is 7.94. The second-order valence-electron chi connectivity index (χ2n) is 8.14. The standard InChI is InChI=1S/C23H28ClNO3/c1-28-21-14-16(9-10-20(21)26)22-18-7-4-5-11-23(18,27)12-13-25(22)15-17-6-2-3-8-19(17)24/h2-3,6,8-10,14,18,22,26-27H,4-5,7,11-13,15H2,1H3/t18-,22-,23-/m1/s1. The van der Waals surface area contributed by atoms with E-state index in [4.69, 9.17) is 16.3 Å². The molecule has 0 bridgehead atoms. The highest BCUT2D eigenvalue weighted by molar-refractivity contribution is 6.31.